The standard InChI is InChI=1S/C15H22INO/c1-9(2)14(10(3)4)17-15(18)12-7-6-11(5)8-13(12)16/h6-10,14H,1-5H3,(H,17,18). The van der Waals surface area contributed by atoms with E-state index in [-0.39, 0.29) is 11.9 Å². The summed E-state index contributed by atoms with van der Waals surface area (Å²) in [6.07, 6.45) is 0. The Hall–Kier alpha value is -0.580. The second-order valence-corrected chi connectivity index (χ2v) is 6.63. The van der Waals surface area contributed by atoms with E-state index in [1.165, 1.54) is 5.56 Å². The maximum atomic E-state index is 12.3. The number of hydrogen-bond donors (Lipinski definition) is 1. The van der Waals surface area contributed by atoms with Gasteiger partial charge in [0.25, 0.3) is 5.91 Å². The van der Waals surface area contributed by atoms with Crippen molar-refractivity contribution < 1.29 is 4.79 Å². The molecule has 0 bridgehead atoms. The molecule has 0 radical (unpaired) electrons. The van der Waals surface area contributed by atoms with E-state index in [1.54, 1.807) is 0 Å². The van der Waals surface area contributed by atoms with Crippen LogP contribution >= 0.6 is 22.6 Å². The van der Waals surface area contributed by atoms with Gasteiger partial charge in [-0.25, -0.2) is 0 Å². The van der Waals surface area contributed by atoms with Gasteiger partial charge in [0.15, 0.2) is 0 Å². The highest BCUT2D eigenvalue weighted by Crippen LogP contribution is 2.17. The lowest BCUT2D eigenvalue weighted by Crippen LogP contribution is -2.42. The number of benzene rings is 1. The largest absolute Gasteiger partial charge is 0.349 e. The van der Waals surface area contributed by atoms with E-state index in [2.05, 4.69) is 55.6 Å². The van der Waals surface area contributed by atoms with Gasteiger partial charge in [0.1, 0.15) is 0 Å². The molecule has 1 aromatic carbocycles. The Morgan fingerprint density at radius 2 is 1.72 bits per heavy atom. The molecular formula is C15H22INO. The molecule has 0 spiro atoms. The van der Waals surface area contributed by atoms with E-state index in [9.17, 15) is 4.79 Å². The summed E-state index contributed by atoms with van der Waals surface area (Å²) in [4.78, 5) is 12.3. The van der Waals surface area contributed by atoms with Gasteiger partial charge in [-0.05, 0) is 53.5 Å². The van der Waals surface area contributed by atoms with E-state index in [1.807, 2.05) is 25.1 Å². The van der Waals surface area contributed by atoms with Gasteiger partial charge >= 0.3 is 0 Å². The molecule has 1 N–H and O–H groups in total. The molecule has 0 aliphatic rings. The molecule has 0 fully saturated rings. The number of carbonyl (C=O) groups is 1. The fourth-order valence-electron chi connectivity index (χ4n) is 2.14. The highest BCUT2D eigenvalue weighted by atomic mass is 127. The van der Waals surface area contributed by atoms with Gasteiger partial charge in [0.2, 0.25) is 0 Å². The summed E-state index contributed by atoms with van der Waals surface area (Å²) in [6, 6.07) is 6.14. The zero-order valence-corrected chi connectivity index (χ0v) is 13.9. The summed E-state index contributed by atoms with van der Waals surface area (Å²) in [7, 11) is 0. The summed E-state index contributed by atoms with van der Waals surface area (Å²) < 4.78 is 1.01. The minimum Gasteiger partial charge on any atom is -0.349 e. The lowest BCUT2D eigenvalue weighted by molar-refractivity contribution is 0.0909. The molecule has 2 nitrogen and oxygen atoms in total. The maximum Gasteiger partial charge on any atom is 0.252 e. The van der Waals surface area contributed by atoms with Crippen molar-refractivity contribution in [2.75, 3.05) is 0 Å². The number of halogens is 1. The molecule has 0 saturated carbocycles. The normalized spacial score (nSPS) is 11.4. The molecule has 18 heavy (non-hydrogen) atoms. The van der Waals surface area contributed by atoms with Crippen LogP contribution in [0.3, 0.4) is 0 Å². The average molecular weight is 359 g/mol. The minimum absolute atomic E-state index is 0.0341. The molecule has 0 heterocycles. The molecule has 0 saturated heterocycles. The lowest BCUT2D eigenvalue weighted by atomic mass is 9.93. The zero-order valence-electron chi connectivity index (χ0n) is 11.8. The van der Waals surface area contributed by atoms with Gasteiger partial charge in [0, 0.05) is 9.61 Å². The SMILES string of the molecule is Cc1ccc(C(=O)NC(C(C)C)C(C)C)c(I)c1. The fourth-order valence-corrected chi connectivity index (χ4v) is 3.05. The van der Waals surface area contributed by atoms with E-state index < -0.39 is 0 Å². The third kappa shape index (κ3) is 3.97. The van der Waals surface area contributed by atoms with Crippen molar-refractivity contribution in [3.63, 3.8) is 0 Å². The van der Waals surface area contributed by atoms with Crippen LogP contribution in [-0.4, -0.2) is 11.9 Å². The second-order valence-electron chi connectivity index (χ2n) is 5.47. The van der Waals surface area contributed by atoms with Crippen LogP contribution in [0.1, 0.15) is 43.6 Å². The first-order valence-electron chi connectivity index (χ1n) is 6.40. The smallest absolute Gasteiger partial charge is 0.252 e. The van der Waals surface area contributed by atoms with Crippen LogP contribution in [0.2, 0.25) is 0 Å². The predicted octanol–water partition coefficient (Wildman–Crippen LogP) is 4.01. The Morgan fingerprint density at radius 1 is 1.17 bits per heavy atom. The number of carbonyl (C=O) groups excluding carboxylic acids is 1. The first-order valence-corrected chi connectivity index (χ1v) is 7.47. The maximum absolute atomic E-state index is 12.3. The molecule has 1 amide bonds. The molecule has 3 heteroatoms. The highest BCUT2D eigenvalue weighted by molar-refractivity contribution is 14.1. The molecule has 0 unspecified atom stereocenters. The van der Waals surface area contributed by atoms with Crippen molar-refractivity contribution in [3.8, 4) is 0 Å². The number of nitrogens with one attached hydrogen (secondary N) is 1. The first-order chi connectivity index (χ1) is 8.32. The van der Waals surface area contributed by atoms with Gasteiger partial charge in [-0.2, -0.15) is 0 Å². The molecule has 100 valence electrons. The Balaban J connectivity index is 2.87. The molecule has 0 aliphatic carbocycles. The van der Waals surface area contributed by atoms with E-state index in [0.29, 0.717) is 11.8 Å². The Bertz CT molecular complexity index is 419. The molecule has 1 rings (SSSR count). The summed E-state index contributed by atoms with van der Waals surface area (Å²) in [5.41, 5.74) is 1.95. The lowest BCUT2D eigenvalue weighted by Gasteiger charge is -2.26. The van der Waals surface area contributed by atoms with Gasteiger partial charge in [-0.1, -0.05) is 39.3 Å². The van der Waals surface area contributed by atoms with Gasteiger partial charge in [-0.3, -0.25) is 4.79 Å². The summed E-state index contributed by atoms with van der Waals surface area (Å²) in [5, 5.41) is 3.15. The number of aryl methyl sites for hydroxylation is 1. The molecule has 0 aromatic heterocycles. The monoisotopic (exact) mass is 359 g/mol. The van der Waals surface area contributed by atoms with Crippen molar-refractivity contribution in [1.82, 2.24) is 5.32 Å². The van der Waals surface area contributed by atoms with Crippen molar-refractivity contribution >= 4 is 28.5 Å². The predicted molar refractivity (Wildman–Crippen MR) is 84.8 cm³/mol. The van der Waals surface area contributed by atoms with Gasteiger partial charge < -0.3 is 5.32 Å². The minimum atomic E-state index is 0.0341. The quantitative estimate of drug-likeness (QED) is 0.809. The number of amides is 1. The van der Waals surface area contributed by atoms with Crippen LogP contribution < -0.4 is 5.32 Å². The van der Waals surface area contributed by atoms with Crippen molar-refractivity contribution in [2.45, 2.75) is 40.7 Å². The van der Waals surface area contributed by atoms with Crippen molar-refractivity contribution in [3.05, 3.63) is 32.9 Å². The first kappa shape index (κ1) is 15.5. The zero-order chi connectivity index (χ0) is 13.9. The third-order valence-electron chi connectivity index (χ3n) is 3.10. The molecular weight excluding hydrogens is 337 g/mol. The second kappa shape index (κ2) is 6.55. The van der Waals surface area contributed by atoms with Crippen LogP contribution in [-0.2, 0) is 0 Å². The molecule has 0 atom stereocenters. The van der Waals surface area contributed by atoms with E-state index in [0.717, 1.165) is 9.13 Å². The van der Waals surface area contributed by atoms with Gasteiger partial charge in [0.05, 0.1) is 5.56 Å². The van der Waals surface area contributed by atoms with Crippen LogP contribution in [0.25, 0.3) is 0 Å². The van der Waals surface area contributed by atoms with E-state index >= 15 is 0 Å². The fraction of sp³-hybridized carbons (Fsp3) is 0.533. The number of rotatable bonds is 4. The summed E-state index contributed by atoms with van der Waals surface area (Å²) in [5.74, 6) is 0.918. The third-order valence-corrected chi connectivity index (χ3v) is 4.00. The average Bonchev–Trinajstić information content (AvgIpc) is 2.24. The Morgan fingerprint density at radius 3 is 2.17 bits per heavy atom. The van der Waals surface area contributed by atoms with Crippen LogP contribution in [0.4, 0.5) is 0 Å². The van der Waals surface area contributed by atoms with Crippen LogP contribution in [0.5, 0.6) is 0 Å². The van der Waals surface area contributed by atoms with Crippen LogP contribution in [0.15, 0.2) is 18.2 Å². The summed E-state index contributed by atoms with van der Waals surface area (Å²) >= 11 is 2.22. The van der Waals surface area contributed by atoms with E-state index in [4.69, 9.17) is 0 Å². The number of hydrogen-bond acceptors (Lipinski definition) is 1. The van der Waals surface area contributed by atoms with Gasteiger partial charge in [-0.15, -0.1) is 0 Å². The Kier molecular flexibility index (Phi) is 5.63. The highest BCUT2D eigenvalue weighted by Gasteiger charge is 2.21. The Labute approximate surface area is 124 Å². The molecule has 0 aliphatic heterocycles. The topological polar surface area (TPSA) is 29.1 Å². The molecule has 1 aromatic rings. The van der Waals surface area contributed by atoms with Crippen molar-refractivity contribution in [1.29, 1.82) is 0 Å². The van der Waals surface area contributed by atoms with Crippen molar-refractivity contribution in [2.24, 2.45) is 11.8 Å². The van der Waals surface area contributed by atoms with Crippen LogP contribution in [0, 0.1) is 22.3 Å². The summed E-state index contributed by atoms with van der Waals surface area (Å²) in [6.45, 7) is 10.6.